The average molecular weight is 573 g/mol. The van der Waals surface area contributed by atoms with E-state index in [1.165, 1.54) is 0 Å². The fraction of sp³-hybridized carbons (Fsp3) is 0.571. The molecule has 0 amide bonds. The van der Waals surface area contributed by atoms with Crippen LogP contribution in [0.2, 0.25) is 10.0 Å². The number of fused-ring (bicyclic) bond motifs is 3. The molecule has 9 nitrogen and oxygen atoms in total. The van der Waals surface area contributed by atoms with Crippen molar-refractivity contribution in [1.29, 1.82) is 0 Å². The minimum atomic E-state index is -1.02. The lowest BCUT2D eigenvalue weighted by atomic mass is 9.59. The summed E-state index contributed by atoms with van der Waals surface area (Å²) in [5.41, 5.74) is 2.16. The molecule has 5 aliphatic carbocycles. The van der Waals surface area contributed by atoms with Gasteiger partial charge >= 0.3 is 5.97 Å². The van der Waals surface area contributed by atoms with Crippen LogP contribution in [-0.2, 0) is 11.3 Å². The van der Waals surface area contributed by atoms with Crippen LogP contribution in [0.15, 0.2) is 23.0 Å². The average Bonchev–Trinajstić information content (AvgIpc) is 3.88. The van der Waals surface area contributed by atoms with Crippen molar-refractivity contribution in [2.75, 3.05) is 6.61 Å². The maximum absolute atomic E-state index is 11.4. The van der Waals surface area contributed by atoms with E-state index in [4.69, 9.17) is 37.2 Å². The monoisotopic (exact) mass is 572 g/mol. The number of nitrogens with zero attached hydrogens (tertiary/aromatic N) is 4. The van der Waals surface area contributed by atoms with Gasteiger partial charge in [-0.2, -0.15) is 5.10 Å². The molecule has 3 heterocycles. The minimum absolute atomic E-state index is 0.0436. The predicted octanol–water partition coefficient (Wildman–Crippen LogP) is 6.84. The Balaban J connectivity index is 1.04. The Labute approximate surface area is 235 Å². The molecule has 5 saturated carbocycles. The highest BCUT2D eigenvalue weighted by Crippen LogP contribution is 2.55. The third-order valence-corrected chi connectivity index (χ3v) is 9.63. The second-order valence-corrected chi connectivity index (χ2v) is 12.5. The van der Waals surface area contributed by atoms with Crippen LogP contribution in [0.5, 0.6) is 5.88 Å². The molecule has 8 rings (SSSR count). The summed E-state index contributed by atoms with van der Waals surface area (Å²) >= 11 is 12.9. The first kappa shape index (κ1) is 25.4. The summed E-state index contributed by atoms with van der Waals surface area (Å²) in [6.45, 7) is 0.975. The maximum atomic E-state index is 11.4. The van der Waals surface area contributed by atoms with Crippen molar-refractivity contribution in [2.24, 2.45) is 5.41 Å². The summed E-state index contributed by atoms with van der Waals surface area (Å²) in [7, 11) is 0. The van der Waals surface area contributed by atoms with Gasteiger partial charge in [-0.3, -0.25) is 4.98 Å². The first-order chi connectivity index (χ1) is 18.9. The Morgan fingerprint density at radius 3 is 2.38 bits per heavy atom. The third-order valence-electron chi connectivity index (χ3n) is 9.05. The molecule has 0 atom stereocenters. The lowest BCUT2D eigenvalue weighted by Gasteiger charge is -2.52. The van der Waals surface area contributed by atoms with Crippen LogP contribution in [0, 0.1) is 5.41 Å². The van der Waals surface area contributed by atoms with Crippen LogP contribution < -0.4 is 4.74 Å². The maximum Gasteiger partial charge on any atom is 0.356 e. The normalized spacial score (nSPS) is 26.2. The quantitative estimate of drug-likeness (QED) is 0.281. The highest BCUT2D eigenvalue weighted by atomic mass is 35.5. The highest BCUT2D eigenvalue weighted by Gasteiger charge is 2.50. The number of halogens is 2. The fourth-order valence-electron chi connectivity index (χ4n) is 6.25. The molecule has 0 spiro atoms. The Morgan fingerprint density at radius 2 is 1.77 bits per heavy atom. The molecular weight excluding hydrogens is 543 g/mol. The zero-order valence-electron chi connectivity index (χ0n) is 21.5. The van der Waals surface area contributed by atoms with Crippen molar-refractivity contribution in [3.8, 4) is 17.1 Å². The molecule has 2 bridgehead atoms. The summed E-state index contributed by atoms with van der Waals surface area (Å²) < 4.78 is 20.6. The number of carboxylic acids is 1. The van der Waals surface area contributed by atoms with E-state index < -0.39 is 5.97 Å². The van der Waals surface area contributed by atoms with E-state index in [9.17, 15) is 9.90 Å². The van der Waals surface area contributed by atoms with Crippen molar-refractivity contribution in [3.05, 3.63) is 45.5 Å². The van der Waals surface area contributed by atoms with Crippen LogP contribution in [0.25, 0.3) is 11.3 Å². The molecule has 1 N–H and O–H groups in total. The Bertz CT molecular complexity index is 1380. The topological polar surface area (TPSA) is 113 Å². The smallest absolute Gasteiger partial charge is 0.356 e. The zero-order valence-corrected chi connectivity index (χ0v) is 23.0. The van der Waals surface area contributed by atoms with E-state index in [1.807, 2.05) is 0 Å². The van der Waals surface area contributed by atoms with E-state index >= 15 is 0 Å². The van der Waals surface area contributed by atoms with Gasteiger partial charge in [-0.05, 0) is 64.2 Å². The van der Waals surface area contributed by atoms with Gasteiger partial charge in [0.25, 0.3) is 0 Å². The second-order valence-electron chi connectivity index (χ2n) is 11.7. The lowest BCUT2D eigenvalue weighted by Crippen LogP contribution is -2.49. The van der Waals surface area contributed by atoms with Gasteiger partial charge in [0.2, 0.25) is 5.88 Å². The molecule has 3 aromatic rings. The van der Waals surface area contributed by atoms with E-state index in [-0.39, 0.29) is 22.8 Å². The Kier molecular flexibility index (Phi) is 6.17. The number of ether oxygens (including phenoxy) is 2. The highest BCUT2D eigenvalue weighted by molar-refractivity contribution is 6.38. The van der Waals surface area contributed by atoms with Gasteiger partial charge in [0, 0.05) is 40.9 Å². The van der Waals surface area contributed by atoms with E-state index in [2.05, 4.69) is 15.2 Å². The molecule has 0 aromatic carbocycles. The zero-order chi connectivity index (χ0) is 26.8. The number of aromatic carboxylic acids is 1. The van der Waals surface area contributed by atoms with Crippen LogP contribution in [0.4, 0.5) is 0 Å². The van der Waals surface area contributed by atoms with Crippen molar-refractivity contribution in [1.82, 2.24) is 19.9 Å². The second kappa shape index (κ2) is 9.49. The standard InChI is InChI=1S/C28H30Cl2N4O5/c29-19-12-31-13-20(30)23(19)24-18(25(39-33-24)16-1-2-16)14-38-28-8-5-27(6-9-28,7-10-28)15-37-22-11-21(26(35)36)32-34(22)17-3-4-17/h11-13,16-17H,1-10,14-15H2,(H,35,36). The Morgan fingerprint density at radius 1 is 1.08 bits per heavy atom. The first-order valence-electron chi connectivity index (χ1n) is 13.7. The van der Waals surface area contributed by atoms with Crippen molar-refractivity contribution < 1.29 is 23.9 Å². The van der Waals surface area contributed by atoms with Crippen molar-refractivity contribution >= 4 is 29.2 Å². The number of carbonyl (C=O) groups is 1. The fourth-order valence-corrected chi connectivity index (χ4v) is 6.79. The Hall–Kier alpha value is -2.62. The summed E-state index contributed by atoms with van der Waals surface area (Å²) in [4.78, 5) is 15.5. The van der Waals surface area contributed by atoms with E-state index in [0.717, 1.165) is 75.5 Å². The van der Waals surface area contributed by atoms with Gasteiger partial charge in [-0.25, -0.2) is 9.48 Å². The molecule has 39 heavy (non-hydrogen) atoms. The predicted molar refractivity (Wildman–Crippen MR) is 142 cm³/mol. The molecule has 0 saturated heterocycles. The van der Waals surface area contributed by atoms with Gasteiger partial charge in [0.05, 0.1) is 34.9 Å². The summed E-state index contributed by atoms with van der Waals surface area (Å²) in [5, 5.41) is 18.9. The summed E-state index contributed by atoms with van der Waals surface area (Å²) in [6.07, 6.45) is 13.2. The van der Waals surface area contributed by atoms with Gasteiger partial charge in [-0.15, -0.1) is 0 Å². The molecule has 0 unspecified atom stereocenters. The van der Waals surface area contributed by atoms with Crippen molar-refractivity contribution in [3.63, 3.8) is 0 Å². The van der Waals surface area contributed by atoms with Crippen LogP contribution in [0.1, 0.15) is 98.0 Å². The van der Waals surface area contributed by atoms with E-state index in [0.29, 0.717) is 46.3 Å². The number of carboxylic acid groups (broad SMARTS) is 1. The SMILES string of the molecule is O=C(O)c1cc(OCC23CCC(OCc4c(-c5c(Cl)cncc5Cl)noc4C4CC4)(CC2)CC3)n(C2CC2)n1. The van der Waals surface area contributed by atoms with Crippen molar-refractivity contribution in [2.45, 2.75) is 88.4 Å². The molecule has 3 aromatic heterocycles. The number of hydrogen-bond donors (Lipinski definition) is 1. The number of hydrogen-bond acceptors (Lipinski definition) is 7. The van der Waals surface area contributed by atoms with E-state index in [1.54, 1.807) is 23.1 Å². The molecule has 206 valence electrons. The summed E-state index contributed by atoms with van der Waals surface area (Å²) in [5.74, 6) is 0.801. The summed E-state index contributed by atoms with van der Waals surface area (Å²) in [6, 6.07) is 1.81. The molecule has 0 aliphatic heterocycles. The number of rotatable bonds is 10. The van der Waals surface area contributed by atoms with Crippen LogP contribution >= 0.6 is 23.2 Å². The van der Waals surface area contributed by atoms with Crippen LogP contribution in [0.3, 0.4) is 0 Å². The molecule has 0 radical (unpaired) electrons. The molecule has 5 aliphatic rings. The number of aromatic nitrogens is 4. The first-order valence-corrected chi connectivity index (χ1v) is 14.5. The molecular formula is C28H30Cl2N4O5. The van der Waals surface area contributed by atoms with Crippen LogP contribution in [-0.4, -0.2) is 43.2 Å². The third kappa shape index (κ3) is 4.72. The minimum Gasteiger partial charge on any atom is -0.477 e. The number of pyridine rings is 1. The van der Waals surface area contributed by atoms with Gasteiger partial charge in [0.1, 0.15) is 11.5 Å². The van der Waals surface area contributed by atoms with Gasteiger partial charge in [0.15, 0.2) is 5.69 Å². The molecule has 5 fully saturated rings. The lowest BCUT2D eigenvalue weighted by molar-refractivity contribution is -0.150. The van der Waals surface area contributed by atoms with Gasteiger partial charge in [-0.1, -0.05) is 28.4 Å². The molecule has 11 heteroatoms. The van der Waals surface area contributed by atoms with Gasteiger partial charge < -0.3 is 19.1 Å². The largest absolute Gasteiger partial charge is 0.477 e.